The highest BCUT2D eigenvalue weighted by Gasteiger charge is 2.30. The summed E-state index contributed by atoms with van der Waals surface area (Å²) < 4.78 is 46.5. The number of H-pyrrole nitrogens is 1. The molecule has 3 aromatic heterocycles. The van der Waals surface area contributed by atoms with E-state index in [2.05, 4.69) is 25.3 Å². The Kier molecular flexibility index (Phi) is 3.95. The molecular formula is C20H13F3N6O. The zero-order valence-electron chi connectivity index (χ0n) is 15.5. The molecule has 1 N–H and O–H groups in total. The van der Waals surface area contributed by atoms with Gasteiger partial charge in [-0.1, -0.05) is 18.2 Å². The van der Waals surface area contributed by atoms with Gasteiger partial charge in [0.2, 0.25) is 5.88 Å². The highest BCUT2D eigenvalue weighted by atomic mass is 19.4. The largest absolute Gasteiger partial charge is 0.438 e. The molecule has 150 valence electrons. The van der Waals surface area contributed by atoms with E-state index in [1.165, 1.54) is 18.3 Å². The lowest BCUT2D eigenvalue weighted by Crippen LogP contribution is -2.04. The maximum absolute atomic E-state index is 13.1. The number of aryl methyl sites for hydroxylation is 1. The van der Waals surface area contributed by atoms with Crippen LogP contribution in [0.3, 0.4) is 0 Å². The van der Waals surface area contributed by atoms with Crippen molar-refractivity contribution in [2.24, 2.45) is 7.05 Å². The number of benzene rings is 2. The number of hydrogen-bond acceptors (Lipinski definition) is 5. The van der Waals surface area contributed by atoms with Gasteiger partial charge in [-0.15, -0.1) is 0 Å². The van der Waals surface area contributed by atoms with Gasteiger partial charge in [0.05, 0.1) is 23.5 Å². The highest BCUT2D eigenvalue weighted by Crippen LogP contribution is 2.35. The van der Waals surface area contributed by atoms with Crippen LogP contribution in [0.15, 0.2) is 54.9 Å². The molecule has 0 saturated carbocycles. The predicted octanol–water partition coefficient (Wildman–Crippen LogP) is 4.72. The molecule has 0 amide bonds. The molecule has 30 heavy (non-hydrogen) atoms. The van der Waals surface area contributed by atoms with Crippen LogP contribution in [0, 0.1) is 0 Å². The topological polar surface area (TPSA) is 81.5 Å². The Balaban J connectivity index is 1.67. The summed E-state index contributed by atoms with van der Waals surface area (Å²) in [6, 6.07) is 10.2. The van der Waals surface area contributed by atoms with E-state index in [0.29, 0.717) is 22.4 Å². The number of aromatic amines is 1. The van der Waals surface area contributed by atoms with E-state index in [1.54, 1.807) is 17.9 Å². The fourth-order valence-electron chi connectivity index (χ4n) is 3.21. The number of rotatable bonds is 3. The Morgan fingerprint density at radius 2 is 1.83 bits per heavy atom. The van der Waals surface area contributed by atoms with Crippen LogP contribution in [0.2, 0.25) is 0 Å². The Hall–Kier alpha value is -3.95. The highest BCUT2D eigenvalue weighted by molar-refractivity contribution is 5.93. The van der Waals surface area contributed by atoms with Crippen molar-refractivity contribution in [3.8, 4) is 23.0 Å². The monoisotopic (exact) mass is 410 g/mol. The van der Waals surface area contributed by atoms with Gasteiger partial charge in [-0.2, -0.15) is 28.4 Å². The molecule has 0 radical (unpaired) electrons. The molecule has 0 aliphatic carbocycles. The summed E-state index contributed by atoms with van der Waals surface area (Å²) in [6.07, 6.45) is -1.30. The van der Waals surface area contributed by atoms with Gasteiger partial charge in [-0.05, 0) is 24.3 Å². The van der Waals surface area contributed by atoms with Crippen molar-refractivity contribution in [1.82, 2.24) is 29.9 Å². The first-order valence-electron chi connectivity index (χ1n) is 8.87. The smallest absolute Gasteiger partial charge is 0.416 e. The third-order valence-corrected chi connectivity index (χ3v) is 4.66. The van der Waals surface area contributed by atoms with Crippen LogP contribution in [0.1, 0.15) is 5.56 Å². The zero-order chi connectivity index (χ0) is 20.9. The van der Waals surface area contributed by atoms with Crippen molar-refractivity contribution in [1.29, 1.82) is 0 Å². The number of ether oxygens (including phenoxy) is 1. The molecule has 0 aliphatic rings. The molecule has 0 aliphatic heterocycles. The standard InChI is InChI=1S/C20H13F3N6O/c1-29-18-15(10-25-29)19(30-12-5-2-4-11(8-12)20(21,22)23)27-17(26-18)13-6-3-7-16-14(13)9-24-28-16/h2-10H,1H3,(H,24,28). The summed E-state index contributed by atoms with van der Waals surface area (Å²) in [6.45, 7) is 0. The van der Waals surface area contributed by atoms with Gasteiger partial charge in [0, 0.05) is 18.0 Å². The molecule has 0 spiro atoms. The first-order chi connectivity index (χ1) is 14.4. The Morgan fingerprint density at radius 1 is 1.00 bits per heavy atom. The SMILES string of the molecule is Cn1ncc2c(Oc3cccc(C(F)(F)F)c3)nc(-c3cccc4[nH]ncc34)nc21. The second-order valence-corrected chi connectivity index (χ2v) is 6.62. The fourth-order valence-corrected chi connectivity index (χ4v) is 3.21. The van der Waals surface area contributed by atoms with Gasteiger partial charge in [-0.3, -0.25) is 9.78 Å². The average molecular weight is 410 g/mol. The summed E-state index contributed by atoms with van der Waals surface area (Å²) >= 11 is 0. The lowest BCUT2D eigenvalue weighted by atomic mass is 10.1. The minimum atomic E-state index is -4.48. The minimum Gasteiger partial charge on any atom is -0.438 e. The second-order valence-electron chi connectivity index (χ2n) is 6.62. The van der Waals surface area contributed by atoms with Crippen molar-refractivity contribution < 1.29 is 17.9 Å². The van der Waals surface area contributed by atoms with Crippen LogP contribution in [0.5, 0.6) is 11.6 Å². The molecule has 0 bridgehead atoms. The average Bonchev–Trinajstić information content (AvgIpc) is 3.34. The van der Waals surface area contributed by atoms with E-state index in [4.69, 9.17) is 4.74 Å². The summed E-state index contributed by atoms with van der Waals surface area (Å²) in [5.41, 5.74) is 1.20. The minimum absolute atomic E-state index is 0.0150. The van der Waals surface area contributed by atoms with E-state index < -0.39 is 11.7 Å². The first-order valence-corrected chi connectivity index (χ1v) is 8.87. The molecule has 0 fully saturated rings. The molecule has 0 atom stereocenters. The van der Waals surface area contributed by atoms with Gasteiger partial charge in [0.1, 0.15) is 11.1 Å². The zero-order valence-corrected chi connectivity index (χ0v) is 15.5. The Labute approximate surface area is 167 Å². The van der Waals surface area contributed by atoms with Crippen LogP contribution in [-0.2, 0) is 13.2 Å². The molecule has 0 unspecified atom stereocenters. The fraction of sp³-hybridized carbons (Fsp3) is 0.100. The summed E-state index contributed by atoms with van der Waals surface area (Å²) in [4.78, 5) is 9.07. The summed E-state index contributed by atoms with van der Waals surface area (Å²) in [7, 11) is 1.71. The van der Waals surface area contributed by atoms with Crippen molar-refractivity contribution in [3.05, 3.63) is 60.4 Å². The molecular weight excluding hydrogens is 397 g/mol. The number of fused-ring (bicyclic) bond motifs is 2. The normalized spacial score (nSPS) is 12.0. The van der Waals surface area contributed by atoms with Crippen molar-refractivity contribution in [3.63, 3.8) is 0 Å². The van der Waals surface area contributed by atoms with Crippen LogP contribution < -0.4 is 4.74 Å². The van der Waals surface area contributed by atoms with Gasteiger partial charge < -0.3 is 4.74 Å². The van der Waals surface area contributed by atoms with Crippen LogP contribution in [0.4, 0.5) is 13.2 Å². The van der Waals surface area contributed by atoms with Crippen LogP contribution in [-0.4, -0.2) is 29.9 Å². The third-order valence-electron chi connectivity index (χ3n) is 4.66. The van der Waals surface area contributed by atoms with Crippen LogP contribution >= 0.6 is 0 Å². The molecule has 5 aromatic rings. The Bertz CT molecular complexity index is 1390. The van der Waals surface area contributed by atoms with E-state index in [9.17, 15) is 13.2 Å². The predicted molar refractivity (Wildman–Crippen MR) is 103 cm³/mol. The maximum atomic E-state index is 13.1. The van der Waals surface area contributed by atoms with E-state index in [0.717, 1.165) is 23.0 Å². The number of alkyl halides is 3. The third kappa shape index (κ3) is 3.02. The molecule has 0 saturated heterocycles. The molecule has 10 heteroatoms. The summed E-state index contributed by atoms with van der Waals surface area (Å²) in [5, 5.41) is 12.4. The van der Waals surface area contributed by atoms with Crippen molar-refractivity contribution in [2.45, 2.75) is 6.18 Å². The van der Waals surface area contributed by atoms with Crippen molar-refractivity contribution in [2.75, 3.05) is 0 Å². The Morgan fingerprint density at radius 3 is 2.67 bits per heavy atom. The quantitative estimate of drug-likeness (QED) is 0.466. The second kappa shape index (κ2) is 6.55. The first kappa shape index (κ1) is 18.1. The molecule has 5 rings (SSSR count). The van der Waals surface area contributed by atoms with Gasteiger partial charge in [-0.25, -0.2) is 4.98 Å². The van der Waals surface area contributed by atoms with Gasteiger partial charge in [0.15, 0.2) is 11.5 Å². The van der Waals surface area contributed by atoms with E-state index in [-0.39, 0.29) is 11.6 Å². The number of nitrogens with zero attached hydrogens (tertiary/aromatic N) is 5. The number of nitrogens with one attached hydrogen (secondary N) is 1. The maximum Gasteiger partial charge on any atom is 0.416 e. The lowest BCUT2D eigenvalue weighted by Gasteiger charge is -2.11. The molecule has 7 nitrogen and oxygen atoms in total. The van der Waals surface area contributed by atoms with E-state index in [1.807, 2.05) is 18.2 Å². The molecule has 2 aromatic carbocycles. The van der Waals surface area contributed by atoms with E-state index >= 15 is 0 Å². The van der Waals surface area contributed by atoms with Gasteiger partial charge in [0.25, 0.3) is 0 Å². The number of halogens is 3. The summed E-state index contributed by atoms with van der Waals surface area (Å²) in [5.74, 6) is 0.476. The van der Waals surface area contributed by atoms with Gasteiger partial charge >= 0.3 is 6.18 Å². The lowest BCUT2D eigenvalue weighted by molar-refractivity contribution is -0.137. The van der Waals surface area contributed by atoms with Crippen LogP contribution in [0.25, 0.3) is 33.3 Å². The number of hydrogen-bond donors (Lipinski definition) is 1. The van der Waals surface area contributed by atoms with Crippen molar-refractivity contribution >= 4 is 21.9 Å². The number of aromatic nitrogens is 6. The molecule has 3 heterocycles.